The van der Waals surface area contributed by atoms with E-state index in [1.54, 1.807) is 32.6 Å². The number of aliphatic carboxylic acids is 1. The molecule has 2 aliphatic heterocycles. The Morgan fingerprint density at radius 2 is 2.07 bits per heavy atom. The number of aliphatic imine (C=N–C) groups is 1. The molecule has 0 spiro atoms. The Bertz CT molecular complexity index is 966. The fourth-order valence-corrected chi connectivity index (χ4v) is 3.62. The van der Waals surface area contributed by atoms with Crippen molar-refractivity contribution in [3.05, 3.63) is 64.5 Å². The first kappa shape index (κ1) is 17.1. The Labute approximate surface area is 157 Å². The summed E-state index contributed by atoms with van der Waals surface area (Å²) in [4.78, 5) is 17.9. The maximum atomic E-state index is 11.2. The number of methoxy groups -OCH3 is 2. The molecule has 0 bridgehead atoms. The van der Waals surface area contributed by atoms with E-state index >= 15 is 0 Å². The number of fused-ring (bicyclic) bond motifs is 1. The largest absolute Gasteiger partial charge is 0.493 e. The zero-order chi connectivity index (χ0) is 19.0. The number of carboxylic acids is 1. The monoisotopic (exact) mass is 364 g/mol. The minimum Gasteiger partial charge on any atom is -0.493 e. The van der Waals surface area contributed by atoms with E-state index in [1.165, 1.54) is 5.57 Å². The molecular formula is C21H20N2O4. The van der Waals surface area contributed by atoms with Gasteiger partial charge in [0, 0.05) is 18.3 Å². The average molecular weight is 364 g/mol. The van der Waals surface area contributed by atoms with Crippen LogP contribution in [0.3, 0.4) is 0 Å². The summed E-state index contributed by atoms with van der Waals surface area (Å²) in [5.41, 5.74) is 4.61. The van der Waals surface area contributed by atoms with Gasteiger partial charge in [0.1, 0.15) is 5.84 Å². The van der Waals surface area contributed by atoms with Crippen LogP contribution in [0.25, 0.3) is 6.08 Å². The number of hydrogen-bond donors (Lipinski definition) is 1. The maximum Gasteiger partial charge on any atom is 0.337 e. The first-order valence-electron chi connectivity index (χ1n) is 8.73. The summed E-state index contributed by atoms with van der Waals surface area (Å²) in [5.74, 6) is 1.24. The summed E-state index contributed by atoms with van der Waals surface area (Å²) in [6.45, 7) is 0.669. The summed E-state index contributed by atoms with van der Waals surface area (Å²) in [6.07, 6.45) is 8.92. The second kappa shape index (κ2) is 6.79. The van der Waals surface area contributed by atoms with Gasteiger partial charge in [-0.1, -0.05) is 12.1 Å². The Morgan fingerprint density at radius 3 is 2.81 bits per heavy atom. The highest BCUT2D eigenvalue weighted by atomic mass is 16.5. The molecule has 0 fully saturated rings. The van der Waals surface area contributed by atoms with E-state index in [2.05, 4.69) is 6.08 Å². The molecule has 27 heavy (non-hydrogen) atoms. The molecule has 0 radical (unpaired) electrons. The Kier molecular flexibility index (Phi) is 4.32. The fraction of sp³-hybridized carbons (Fsp3) is 0.238. The second-order valence-electron chi connectivity index (χ2n) is 6.53. The average Bonchev–Trinajstić information content (AvgIpc) is 3.07. The zero-order valence-corrected chi connectivity index (χ0v) is 15.2. The lowest BCUT2D eigenvalue weighted by molar-refractivity contribution is -0.132. The molecule has 4 rings (SSSR count). The van der Waals surface area contributed by atoms with Crippen LogP contribution in [0.15, 0.2) is 64.0 Å². The number of carbonyl (C=O) groups is 1. The number of rotatable bonds is 4. The van der Waals surface area contributed by atoms with Gasteiger partial charge >= 0.3 is 5.97 Å². The van der Waals surface area contributed by atoms with Crippen molar-refractivity contribution in [3.63, 3.8) is 0 Å². The molecule has 6 nitrogen and oxygen atoms in total. The predicted octanol–water partition coefficient (Wildman–Crippen LogP) is 3.39. The highest BCUT2D eigenvalue weighted by Crippen LogP contribution is 2.40. The lowest BCUT2D eigenvalue weighted by atomic mass is 10.1. The number of para-hydroxylation sites is 1. The van der Waals surface area contributed by atoms with Crippen molar-refractivity contribution in [2.45, 2.75) is 12.8 Å². The van der Waals surface area contributed by atoms with Crippen LogP contribution in [-0.2, 0) is 4.79 Å². The zero-order valence-electron chi connectivity index (χ0n) is 15.2. The second-order valence-corrected chi connectivity index (χ2v) is 6.53. The molecule has 1 aromatic carbocycles. The van der Waals surface area contributed by atoms with Crippen molar-refractivity contribution < 1.29 is 19.4 Å². The van der Waals surface area contributed by atoms with Crippen molar-refractivity contribution in [1.29, 1.82) is 0 Å². The Balaban J connectivity index is 1.68. The lowest BCUT2D eigenvalue weighted by Gasteiger charge is -2.28. The topological polar surface area (TPSA) is 71.4 Å². The highest BCUT2D eigenvalue weighted by Gasteiger charge is 2.28. The molecule has 2 heterocycles. The van der Waals surface area contributed by atoms with E-state index in [0.29, 0.717) is 18.0 Å². The van der Waals surface area contributed by atoms with E-state index in [9.17, 15) is 9.90 Å². The van der Waals surface area contributed by atoms with Gasteiger partial charge in [-0.3, -0.25) is 0 Å². The Hall–Kier alpha value is -3.28. The number of nitrogens with zero attached hydrogens (tertiary/aromatic N) is 2. The van der Waals surface area contributed by atoms with Gasteiger partial charge in [0.2, 0.25) is 0 Å². The lowest BCUT2D eigenvalue weighted by Crippen LogP contribution is -2.32. The molecule has 138 valence electrons. The number of carboxylic acid groups (broad SMARTS) is 1. The standard InChI is InChI=1S/C21H20N2O4/c1-26-17-5-3-4-14(20(17)27-2)10-13-6-7-15-11-23-12-16(21(24)25)8-9-18(23)22-19(13)15/h3-5,8-10,12H,6-7,11H2,1-2H3,(H,24,25). The number of amidine groups is 1. The molecule has 0 aromatic heterocycles. The van der Waals surface area contributed by atoms with Gasteiger partial charge in [0.15, 0.2) is 11.5 Å². The van der Waals surface area contributed by atoms with Crippen LogP contribution in [0.4, 0.5) is 0 Å². The van der Waals surface area contributed by atoms with Crippen LogP contribution in [0.1, 0.15) is 18.4 Å². The first-order valence-corrected chi connectivity index (χ1v) is 8.73. The molecule has 0 saturated carbocycles. The van der Waals surface area contributed by atoms with Crippen molar-refractivity contribution >= 4 is 17.9 Å². The fourth-order valence-electron chi connectivity index (χ4n) is 3.62. The molecule has 0 saturated heterocycles. The molecule has 1 N–H and O–H groups in total. The smallest absolute Gasteiger partial charge is 0.337 e. The van der Waals surface area contributed by atoms with Crippen LogP contribution in [0, 0.1) is 0 Å². The SMILES string of the molecule is COc1cccc(C=C2CCC3=C2N=C2C=CC(C(=O)O)=CN2C3)c1OC. The van der Waals surface area contributed by atoms with Gasteiger partial charge in [-0.05, 0) is 48.3 Å². The van der Waals surface area contributed by atoms with Crippen LogP contribution in [-0.4, -0.2) is 42.6 Å². The third kappa shape index (κ3) is 3.03. The molecule has 6 heteroatoms. The summed E-state index contributed by atoms with van der Waals surface area (Å²) in [7, 11) is 3.26. The molecule has 0 amide bonds. The van der Waals surface area contributed by atoms with Gasteiger partial charge in [-0.25, -0.2) is 9.79 Å². The number of ether oxygens (including phenoxy) is 2. The van der Waals surface area contributed by atoms with Crippen molar-refractivity contribution in [3.8, 4) is 11.5 Å². The van der Waals surface area contributed by atoms with Crippen LogP contribution in [0.5, 0.6) is 11.5 Å². The van der Waals surface area contributed by atoms with Crippen LogP contribution < -0.4 is 9.47 Å². The van der Waals surface area contributed by atoms with Gasteiger partial charge in [0.25, 0.3) is 0 Å². The maximum absolute atomic E-state index is 11.2. The van der Waals surface area contributed by atoms with E-state index < -0.39 is 5.97 Å². The van der Waals surface area contributed by atoms with Gasteiger partial charge in [-0.2, -0.15) is 0 Å². The third-order valence-electron chi connectivity index (χ3n) is 4.93. The summed E-state index contributed by atoms with van der Waals surface area (Å²) < 4.78 is 10.9. The normalized spacial score (nSPS) is 19.5. The predicted molar refractivity (Wildman–Crippen MR) is 103 cm³/mol. The third-order valence-corrected chi connectivity index (χ3v) is 4.93. The van der Waals surface area contributed by atoms with E-state index in [4.69, 9.17) is 14.5 Å². The first-order chi connectivity index (χ1) is 13.1. The van der Waals surface area contributed by atoms with Gasteiger partial charge in [-0.15, -0.1) is 0 Å². The molecule has 1 aromatic rings. The highest BCUT2D eigenvalue weighted by molar-refractivity contribution is 6.02. The van der Waals surface area contributed by atoms with Crippen LogP contribution >= 0.6 is 0 Å². The number of hydrogen-bond acceptors (Lipinski definition) is 5. The van der Waals surface area contributed by atoms with Crippen molar-refractivity contribution in [2.75, 3.05) is 20.8 Å². The summed E-state index contributed by atoms with van der Waals surface area (Å²) >= 11 is 0. The molecule has 0 atom stereocenters. The molecule has 1 aliphatic carbocycles. The molecule has 0 unspecified atom stereocenters. The number of allylic oxidation sites excluding steroid dienone is 1. The Morgan fingerprint density at radius 1 is 1.22 bits per heavy atom. The summed E-state index contributed by atoms with van der Waals surface area (Å²) in [6, 6.07) is 5.81. The quantitative estimate of drug-likeness (QED) is 0.887. The van der Waals surface area contributed by atoms with Gasteiger partial charge in [0.05, 0.1) is 25.5 Å². The molecule has 3 aliphatic rings. The van der Waals surface area contributed by atoms with Crippen LogP contribution in [0.2, 0.25) is 0 Å². The minimum absolute atomic E-state index is 0.271. The number of benzene rings is 1. The van der Waals surface area contributed by atoms with E-state index in [1.807, 2.05) is 23.1 Å². The summed E-state index contributed by atoms with van der Waals surface area (Å²) in [5, 5.41) is 9.18. The van der Waals surface area contributed by atoms with Crippen molar-refractivity contribution in [1.82, 2.24) is 4.90 Å². The van der Waals surface area contributed by atoms with E-state index in [-0.39, 0.29) is 5.57 Å². The minimum atomic E-state index is -0.929. The van der Waals surface area contributed by atoms with E-state index in [0.717, 1.165) is 35.5 Å². The van der Waals surface area contributed by atoms with Crippen molar-refractivity contribution in [2.24, 2.45) is 4.99 Å². The van der Waals surface area contributed by atoms with Gasteiger partial charge < -0.3 is 19.5 Å². The molecular weight excluding hydrogens is 344 g/mol.